The van der Waals surface area contributed by atoms with Crippen molar-refractivity contribution in [3.63, 3.8) is 0 Å². The van der Waals surface area contributed by atoms with Gasteiger partial charge in [-0.25, -0.2) is 0 Å². The zero-order valence-corrected chi connectivity index (χ0v) is 20.1. The van der Waals surface area contributed by atoms with Crippen molar-refractivity contribution in [2.24, 2.45) is 0 Å². The van der Waals surface area contributed by atoms with Crippen LogP contribution in [0.4, 0.5) is 11.4 Å². The summed E-state index contributed by atoms with van der Waals surface area (Å²) in [6, 6.07) is 22.9. The monoisotopic (exact) mass is 460 g/mol. The molecule has 1 fully saturated rings. The fourth-order valence-electron chi connectivity index (χ4n) is 3.80. The number of thioether (sulfide) groups is 1. The quantitative estimate of drug-likeness (QED) is 0.506. The number of nitrogens with one attached hydrogen (secondary N) is 1. The third-order valence-electron chi connectivity index (χ3n) is 5.64. The normalized spacial score (nSPS) is 16.1. The van der Waals surface area contributed by atoms with Crippen LogP contribution in [-0.2, 0) is 10.2 Å². The largest absolute Gasteiger partial charge is 0.497 e. The number of ether oxygens (including phenoxy) is 1. The van der Waals surface area contributed by atoms with E-state index in [9.17, 15) is 9.59 Å². The predicted molar refractivity (Wildman–Crippen MR) is 135 cm³/mol. The molecule has 0 spiro atoms. The van der Waals surface area contributed by atoms with Gasteiger partial charge in [-0.05, 0) is 52.9 Å². The van der Waals surface area contributed by atoms with E-state index < -0.39 is 0 Å². The Morgan fingerprint density at radius 3 is 2.45 bits per heavy atom. The standard InChI is InChI=1S/C27H28N2O3S/c1-27(2,3)20-13-11-18(12-14-20)25(31)28-21-8-5-7-19(15-21)26-29(24(30)17-33-26)22-9-6-10-23(16-22)32-4/h5-16,26H,17H2,1-4H3,(H,28,31)/t26-/m0/s1. The number of amides is 2. The fraction of sp³-hybridized carbons (Fsp3) is 0.259. The molecule has 0 aliphatic carbocycles. The third-order valence-corrected chi connectivity index (χ3v) is 6.85. The summed E-state index contributed by atoms with van der Waals surface area (Å²) in [4.78, 5) is 27.3. The first-order chi connectivity index (χ1) is 15.8. The number of benzene rings is 3. The van der Waals surface area contributed by atoms with Gasteiger partial charge in [0.2, 0.25) is 5.91 Å². The molecule has 6 heteroatoms. The van der Waals surface area contributed by atoms with Crippen molar-refractivity contribution >= 4 is 35.0 Å². The first-order valence-corrected chi connectivity index (χ1v) is 11.9. The van der Waals surface area contributed by atoms with Crippen molar-refractivity contribution in [3.8, 4) is 5.75 Å². The van der Waals surface area contributed by atoms with Crippen LogP contribution in [0.1, 0.15) is 47.6 Å². The molecule has 1 saturated heterocycles. The lowest BCUT2D eigenvalue weighted by Crippen LogP contribution is -2.27. The molecule has 0 saturated carbocycles. The minimum absolute atomic E-state index is 0.0361. The van der Waals surface area contributed by atoms with Crippen LogP contribution >= 0.6 is 11.8 Å². The minimum atomic E-state index is -0.174. The van der Waals surface area contributed by atoms with Crippen LogP contribution in [0.5, 0.6) is 5.75 Å². The molecule has 1 heterocycles. The zero-order valence-electron chi connectivity index (χ0n) is 19.3. The Labute approximate surface area is 199 Å². The molecule has 5 nitrogen and oxygen atoms in total. The first kappa shape index (κ1) is 22.9. The Morgan fingerprint density at radius 1 is 1.03 bits per heavy atom. The van der Waals surface area contributed by atoms with E-state index in [4.69, 9.17) is 4.74 Å². The third kappa shape index (κ3) is 5.06. The van der Waals surface area contributed by atoms with Crippen LogP contribution < -0.4 is 15.0 Å². The van der Waals surface area contributed by atoms with Crippen molar-refractivity contribution < 1.29 is 14.3 Å². The highest BCUT2D eigenvalue weighted by Crippen LogP contribution is 2.43. The summed E-state index contributed by atoms with van der Waals surface area (Å²) < 4.78 is 5.33. The second kappa shape index (κ2) is 9.32. The average Bonchev–Trinajstić information content (AvgIpc) is 3.20. The molecule has 0 radical (unpaired) electrons. The van der Waals surface area contributed by atoms with Gasteiger partial charge in [-0.15, -0.1) is 11.8 Å². The number of anilines is 2. The van der Waals surface area contributed by atoms with Gasteiger partial charge in [-0.1, -0.05) is 51.1 Å². The van der Waals surface area contributed by atoms with E-state index in [2.05, 4.69) is 26.1 Å². The topological polar surface area (TPSA) is 58.6 Å². The molecule has 0 unspecified atom stereocenters. The summed E-state index contributed by atoms with van der Waals surface area (Å²) in [5, 5.41) is 2.82. The van der Waals surface area contributed by atoms with Crippen molar-refractivity contribution in [1.29, 1.82) is 0 Å². The summed E-state index contributed by atoms with van der Waals surface area (Å²) in [5.74, 6) is 0.993. The molecule has 1 aliphatic heterocycles. The van der Waals surface area contributed by atoms with Gasteiger partial charge < -0.3 is 10.1 Å². The number of carbonyl (C=O) groups excluding carboxylic acids is 2. The molecule has 0 bridgehead atoms. The molecule has 0 aromatic heterocycles. The number of hydrogen-bond donors (Lipinski definition) is 1. The molecule has 2 amide bonds. The van der Waals surface area contributed by atoms with Gasteiger partial charge in [0.05, 0.1) is 12.9 Å². The number of rotatable bonds is 5. The van der Waals surface area contributed by atoms with Crippen LogP contribution in [0.25, 0.3) is 0 Å². The van der Waals surface area contributed by atoms with Crippen LogP contribution in [0.15, 0.2) is 72.8 Å². The molecule has 1 atom stereocenters. The summed E-state index contributed by atoms with van der Waals surface area (Å²) in [7, 11) is 1.61. The minimum Gasteiger partial charge on any atom is -0.497 e. The van der Waals surface area contributed by atoms with Crippen molar-refractivity contribution in [1.82, 2.24) is 0 Å². The fourth-order valence-corrected chi connectivity index (χ4v) is 4.97. The number of carbonyl (C=O) groups is 2. The molecule has 3 aromatic rings. The van der Waals surface area contributed by atoms with E-state index in [-0.39, 0.29) is 22.6 Å². The lowest BCUT2D eigenvalue weighted by atomic mass is 9.87. The van der Waals surface area contributed by atoms with Crippen LogP contribution in [0.2, 0.25) is 0 Å². The second-order valence-electron chi connectivity index (χ2n) is 9.04. The van der Waals surface area contributed by atoms with Gasteiger partial charge in [0, 0.05) is 23.0 Å². The predicted octanol–water partition coefficient (Wildman–Crippen LogP) is 6.02. The van der Waals surface area contributed by atoms with Gasteiger partial charge in [-0.2, -0.15) is 0 Å². The molecule has 4 rings (SSSR count). The van der Waals surface area contributed by atoms with Gasteiger partial charge in [0.15, 0.2) is 0 Å². The van der Waals surface area contributed by atoms with E-state index >= 15 is 0 Å². The smallest absolute Gasteiger partial charge is 0.255 e. The summed E-state index contributed by atoms with van der Waals surface area (Å²) >= 11 is 1.57. The number of nitrogens with zero attached hydrogens (tertiary/aromatic N) is 1. The van der Waals surface area contributed by atoms with E-state index in [1.807, 2.05) is 72.8 Å². The summed E-state index contributed by atoms with van der Waals surface area (Å²) in [5.41, 5.74) is 4.27. The van der Waals surface area contributed by atoms with E-state index in [1.165, 1.54) is 5.56 Å². The van der Waals surface area contributed by atoms with Crippen LogP contribution in [0.3, 0.4) is 0 Å². The summed E-state index contributed by atoms with van der Waals surface area (Å²) in [6.07, 6.45) is 0. The molecule has 1 aliphatic rings. The SMILES string of the molecule is COc1cccc(N2C(=O)CS[C@H]2c2cccc(NC(=O)c3ccc(C(C)(C)C)cc3)c2)c1. The molecule has 170 valence electrons. The van der Waals surface area contributed by atoms with Gasteiger partial charge in [0.25, 0.3) is 5.91 Å². The Kier molecular flexibility index (Phi) is 6.47. The maximum absolute atomic E-state index is 12.8. The van der Waals surface area contributed by atoms with Crippen molar-refractivity contribution in [3.05, 3.63) is 89.5 Å². The van der Waals surface area contributed by atoms with Gasteiger partial charge in [-0.3, -0.25) is 14.5 Å². The van der Waals surface area contributed by atoms with Gasteiger partial charge in [0.1, 0.15) is 11.1 Å². The highest BCUT2D eigenvalue weighted by atomic mass is 32.2. The Balaban J connectivity index is 1.54. The van der Waals surface area contributed by atoms with E-state index in [1.54, 1.807) is 23.8 Å². The van der Waals surface area contributed by atoms with E-state index in [0.717, 1.165) is 11.3 Å². The van der Waals surface area contributed by atoms with Crippen molar-refractivity contribution in [2.45, 2.75) is 31.6 Å². The molecule has 3 aromatic carbocycles. The maximum Gasteiger partial charge on any atom is 0.255 e. The van der Waals surface area contributed by atoms with Crippen LogP contribution in [-0.4, -0.2) is 24.7 Å². The number of hydrogen-bond acceptors (Lipinski definition) is 4. The lowest BCUT2D eigenvalue weighted by Gasteiger charge is -2.25. The summed E-state index contributed by atoms with van der Waals surface area (Å²) in [6.45, 7) is 6.44. The molecular weight excluding hydrogens is 432 g/mol. The molecular formula is C27H28N2O3S. The average molecular weight is 461 g/mol. The van der Waals surface area contributed by atoms with Crippen molar-refractivity contribution in [2.75, 3.05) is 23.1 Å². The Hall–Kier alpha value is -3.25. The maximum atomic E-state index is 12.8. The molecule has 33 heavy (non-hydrogen) atoms. The highest BCUT2D eigenvalue weighted by molar-refractivity contribution is 8.00. The Bertz CT molecular complexity index is 1170. The first-order valence-electron chi connectivity index (χ1n) is 10.9. The van der Waals surface area contributed by atoms with Gasteiger partial charge >= 0.3 is 0 Å². The van der Waals surface area contributed by atoms with Crippen LogP contribution in [0, 0.1) is 0 Å². The number of methoxy groups -OCH3 is 1. The lowest BCUT2D eigenvalue weighted by molar-refractivity contribution is -0.115. The highest BCUT2D eigenvalue weighted by Gasteiger charge is 2.34. The Morgan fingerprint density at radius 2 is 1.76 bits per heavy atom. The molecule has 1 N–H and O–H groups in total. The zero-order chi connectivity index (χ0) is 23.6. The van der Waals surface area contributed by atoms with E-state index in [0.29, 0.717) is 22.8 Å². The second-order valence-corrected chi connectivity index (χ2v) is 10.1.